The lowest BCUT2D eigenvalue weighted by atomic mass is 9.98. The largest absolute Gasteiger partial charge is 0.120 e. The normalized spacial score (nSPS) is 15.2. The molecule has 1 aromatic carbocycles. The van der Waals surface area contributed by atoms with E-state index in [0.717, 1.165) is 6.42 Å². The van der Waals surface area contributed by atoms with Crippen molar-refractivity contribution < 1.29 is 0 Å². The molecule has 0 aromatic heterocycles. The van der Waals surface area contributed by atoms with Crippen molar-refractivity contribution in [3.8, 4) is 12.3 Å². The van der Waals surface area contributed by atoms with Gasteiger partial charge in [-0.1, -0.05) is 54.8 Å². The quantitative estimate of drug-likeness (QED) is 0.464. The molecule has 98 valence electrons. The van der Waals surface area contributed by atoms with Crippen LogP contribution in [0.5, 0.6) is 0 Å². The molecule has 0 fully saturated rings. The van der Waals surface area contributed by atoms with Crippen LogP contribution in [0.4, 0.5) is 0 Å². The van der Waals surface area contributed by atoms with E-state index in [0.29, 0.717) is 0 Å². The fourth-order valence-corrected chi connectivity index (χ4v) is 2.63. The van der Waals surface area contributed by atoms with Crippen molar-refractivity contribution in [3.05, 3.63) is 47.0 Å². The summed E-state index contributed by atoms with van der Waals surface area (Å²) in [5.74, 6) is 2.70. The van der Waals surface area contributed by atoms with E-state index < -0.39 is 0 Å². The molecule has 0 nitrogen and oxygen atoms in total. The lowest BCUT2D eigenvalue weighted by molar-refractivity contribution is 0.649. The minimum atomic E-state index is 0.927. The Bertz CT molecular complexity index is 523. The third-order valence-corrected chi connectivity index (χ3v) is 3.76. The zero-order valence-corrected chi connectivity index (χ0v) is 11.8. The van der Waals surface area contributed by atoms with Gasteiger partial charge >= 0.3 is 0 Å². The van der Waals surface area contributed by atoms with Gasteiger partial charge in [-0.2, -0.15) is 0 Å². The Balaban J connectivity index is 1.87. The number of hydrogen-bond donors (Lipinski definition) is 0. The molecule has 0 atom stereocenters. The molecule has 19 heavy (non-hydrogen) atoms. The van der Waals surface area contributed by atoms with Gasteiger partial charge in [0.1, 0.15) is 0 Å². The van der Waals surface area contributed by atoms with E-state index in [1.54, 1.807) is 0 Å². The molecule has 0 saturated carbocycles. The third-order valence-electron chi connectivity index (χ3n) is 3.76. The Labute approximate surface area is 117 Å². The van der Waals surface area contributed by atoms with Crippen molar-refractivity contribution >= 4 is 11.6 Å². The van der Waals surface area contributed by atoms with Crippen LogP contribution in [0, 0.1) is 12.3 Å². The van der Waals surface area contributed by atoms with Crippen molar-refractivity contribution in [2.75, 3.05) is 0 Å². The highest BCUT2D eigenvalue weighted by Crippen LogP contribution is 2.32. The van der Waals surface area contributed by atoms with Crippen LogP contribution in [-0.2, 0) is 0 Å². The maximum absolute atomic E-state index is 5.25. The minimum absolute atomic E-state index is 0.927. The summed E-state index contributed by atoms with van der Waals surface area (Å²) in [6.07, 6.45) is 16.9. The van der Waals surface area contributed by atoms with Gasteiger partial charge in [0, 0.05) is 6.42 Å². The number of benzene rings is 1. The molecule has 1 aliphatic carbocycles. The fraction of sp³-hybridized carbons (Fsp3) is 0.368. The van der Waals surface area contributed by atoms with Gasteiger partial charge in [-0.05, 0) is 42.9 Å². The third kappa shape index (κ3) is 3.61. The van der Waals surface area contributed by atoms with Crippen molar-refractivity contribution in [2.45, 2.75) is 45.4 Å². The summed E-state index contributed by atoms with van der Waals surface area (Å²) in [6.45, 7) is 2.27. The van der Waals surface area contributed by atoms with Crippen LogP contribution in [0.1, 0.15) is 56.6 Å². The maximum atomic E-state index is 5.25. The van der Waals surface area contributed by atoms with E-state index >= 15 is 0 Å². The highest BCUT2D eigenvalue weighted by atomic mass is 14.2. The standard InChI is InChI=1S/C19H22/c1-3-4-5-6-7-8-11-16(2)18-15-14-17-12-9-10-13-19(17)18/h1,9-10,12-15H,4-8,11H2,2H3. The van der Waals surface area contributed by atoms with Gasteiger partial charge in [0.25, 0.3) is 0 Å². The van der Waals surface area contributed by atoms with Gasteiger partial charge in [-0.25, -0.2) is 0 Å². The number of terminal acetylenes is 1. The number of allylic oxidation sites excluding steroid dienone is 3. The highest BCUT2D eigenvalue weighted by Gasteiger charge is 2.11. The molecule has 0 amide bonds. The van der Waals surface area contributed by atoms with E-state index in [2.05, 4.69) is 49.3 Å². The molecule has 0 heteroatoms. The molecule has 0 radical (unpaired) electrons. The fourth-order valence-electron chi connectivity index (χ4n) is 2.63. The van der Waals surface area contributed by atoms with E-state index in [1.807, 2.05) is 0 Å². The van der Waals surface area contributed by atoms with Gasteiger partial charge < -0.3 is 0 Å². The summed E-state index contributed by atoms with van der Waals surface area (Å²) in [5.41, 5.74) is 5.69. The lowest BCUT2D eigenvalue weighted by Gasteiger charge is -2.07. The molecule has 0 bridgehead atoms. The summed E-state index contributed by atoms with van der Waals surface area (Å²) in [7, 11) is 0. The van der Waals surface area contributed by atoms with Crippen molar-refractivity contribution in [3.63, 3.8) is 0 Å². The highest BCUT2D eigenvalue weighted by molar-refractivity contribution is 5.91. The summed E-state index contributed by atoms with van der Waals surface area (Å²) in [5, 5.41) is 0. The Morgan fingerprint density at radius 2 is 1.84 bits per heavy atom. The topological polar surface area (TPSA) is 0 Å². The minimum Gasteiger partial charge on any atom is -0.120 e. The molecule has 2 rings (SSSR count). The molecule has 0 spiro atoms. The number of hydrogen-bond acceptors (Lipinski definition) is 0. The SMILES string of the molecule is C#CCCCCCCC(C)=C1C=Cc2ccccc21. The summed E-state index contributed by atoms with van der Waals surface area (Å²) < 4.78 is 0. The second-order valence-corrected chi connectivity index (χ2v) is 5.23. The van der Waals surface area contributed by atoms with E-state index in [-0.39, 0.29) is 0 Å². The molecule has 0 aliphatic heterocycles. The van der Waals surface area contributed by atoms with E-state index in [4.69, 9.17) is 6.42 Å². The molecular weight excluding hydrogens is 228 g/mol. The summed E-state index contributed by atoms with van der Waals surface area (Å²) in [4.78, 5) is 0. The second kappa shape index (κ2) is 7.00. The molecule has 0 unspecified atom stereocenters. The van der Waals surface area contributed by atoms with Crippen LogP contribution in [0.15, 0.2) is 35.9 Å². The van der Waals surface area contributed by atoms with Crippen LogP contribution in [0.2, 0.25) is 0 Å². The Kier molecular flexibility index (Phi) is 5.04. The monoisotopic (exact) mass is 250 g/mol. The molecule has 0 N–H and O–H groups in total. The van der Waals surface area contributed by atoms with Gasteiger partial charge in [0.05, 0.1) is 0 Å². The molecule has 1 aliphatic rings. The van der Waals surface area contributed by atoms with Gasteiger partial charge in [0.15, 0.2) is 0 Å². The number of fused-ring (bicyclic) bond motifs is 1. The van der Waals surface area contributed by atoms with Gasteiger partial charge in [-0.15, -0.1) is 12.3 Å². The van der Waals surface area contributed by atoms with Gasteiger partial charge in [0.2, 0.25) is 0 Å². The zero-order valence-electron chi connectivity index (χ0n) is 11.8. The Morgan fingerprint density at radius 1 is 1.05 bits per heavy atom. The lowest BCUT2D eigenvalue weighted by Crippen LogP contribution is -1.87. The van der Waals surface area contributed by atoms with E-state index in [9.17, 15) is 0 Å². The first kappa shape index (κ1) is 13.7. The van der Waals surface area contributed by atoms with Crippen LogP contribution >= 0.6 is 0 Å². The first-order chi connectivity index (χ1) is 9.33. The zero-order chi connectivity index (χ0) is 13.5. The van der Waals surface area contributed by atoms with Crippen LogP contribution in [0.25, 0.3) is 11.6 Å². The van der Waals surface area contributed by atoms with Crippen molar-refractivity contribution in [1.29, 1.82) is 0 Å². The molecule has 1 aromatic rings. The Morgan fingerprint density at radius 3 is 2.68 bits per heavy atom. The average Bonchev–Trinajstić information content (AvgIpc) is 2.86. The smallest absolute Gasteiger partial charge is 0.00860 e. The average molecular weight is 250 g/mol. The number of rotatable bonds is 6. The first-order valence-electron chi connectivity index (χ1n) is 7.23. The summed E-state index contributed by atoms with van der Waals surface area (Å²) in [6, 6.07) is 8.64. The predicted molar refractivity (Wildman–Crippen MR) is 84.6 cm³/mol. The van der Waals surface area contributed by atoms with Gasteiger partial charge in [-0.3, -0.25) is 0 Å². The van der Waals surface area contributed by atoms with Crippen molar-refractivity contribution in [1.82, 2.24) is 0 Å². The molecule has 0 saturated heterocycles. The maximum Gasteiger partial charge on any atom is 0.00860 e. The molecular formula is C19H22. The number of unbranched alkanes of at least 4 members (excludes halogenated alkanes) is 4. The van der Waals surface area contributed by atoms with Crippen LogP contribution < -0.4 is 0 Å². The van der Waals surface area contributed by atoms with Crippen LogP contribution in [0.3, 0.4) is 0 Å². The Hall–Kier alpha value is -1.74. The van der Waals surface area contributed by atoms with E-state index in [1.165, 1.54) is 54.4 Å². The summed E-state index contributed by atoms with van der Waals surface area (Å²) >= 11 is 0. The van der Waals surface area contributed by atoms with Crippen LogP contribution in [-0.4, -0.2) is 0 Å². The van der Waals surface area contributed by atoms with Crippen molar-refractivity contribution in [2.24, 2.45) is 0 Å². The predicted octanol–water partition coefficient (Wildman–Crippen LogP) is 5.46. The molecule has 0 heterocycles. The first-order valence-corrected chi connectivity index (χ1v) is 7.23. The second-order valence-electron chi connectivity index (χ2n) is 5.23.